The maximum Gasteiger partial charge on any atom is 0.321 e. The molecule has 2 amide bonds. The third-order valence-corrected chi connectivity index (χ3v) is 4.11. The van der Waals surface area contributed by atoms with E-state index < -0.39 is 17.9 Å². The molecule has 1 aliphatic rings. The van der Waals surface area contributed by atoms with Crippen LogP contribution in [-0.4, -0.2) is 35.1 Å². The molecule has 1 fully saturated rings. The van der Waals surface area contributed by atoms with Crippen LogP contribution in [0, 0.1) is 5.92 Å². The highest BCUT2D eigenvalue weighted by Crippen LogP contribution is 2.34. The molecule has 114 valence electrons. The van der Waals surface area contributed by atoms with Gasteiger partial charge < -0.3 is 15.3 Å². The molecule has 5 nitrogen and oxygen atoms in total. The normalized spacial score (nSPS) is 18.4. The number of hydrogen-bond donors (Lipinski definition) is 2. The van der Waals surface area contributed by atoms with E-state index in [4.69, 9.17) is 39.9 Å². The van der Waals surface area contributed by atoms with E-state index in [1.54, 1.807) is 0 Å². The van der Waals surface area contributed by atoms with E-state index in [9.17, 15) is 9.59 Å². The molecule has 1 aromatic carbocycles. The number of carbonyl (C=O) groups is 2. The average Bonchev–Trinajstić information content (AvgIpc) is 2.42. The molecule has 0 spiro atoms. The predicted octanol–water partition coefficient (Wildman–Crippen LogP) is 3.98. The molecular weight excluding hydrogens is 339 g/mol. The Morgan fingerprint density at radius 3 is 2.43 bits per heavy atom. The molecule has 0 unspecified atom stereocenters. The molecule has 0 aromatic heterocycles. The minimum absolute atomic E-state index is 0.171. The molecule has 0 bridgehead atoms. The molecule has 8 heteroatoms. The summed E-state index contributed by atoms with van der Waals surface area (Å²) in [5.74, 6) is -1.43. The maximum absolute atomic E-state index is 12.2. The first kappa shape index (κ1) is 16.2. The number of carboxylic acids is 1. The van der Waals surface area contributed by atoms with E-state index in [1.165, 1.54) is 17.0 Å². The van der Waals surface area contributed by atoms with Crippen molar-refractivity contribution >= 4 is 52.5 Å². The van der Waals surface area contributed by atoms with E-state index >= 15 is 0 Å². The average molecular weight is 352 g/mol. The van der Waals surface area contributed by atoms with Crippen LogP contribution in [0.4, 0.5) is 10.5 Å². The molecule has 1 heterocycles. The third kappa shape index (κ3) is 3.93. The van der Waals surface area contributed by atoms with Gasteiger partial charge in [-0.15, -0.1) is 0 Å². The Hall–Kier alpha value is -1.17. The largest absolute Gasteiger partial charge is 0.481 e. The van der Waals surface area contributed by atoms with E-state index in [-0.39, 0.29) is 22.3 Å². The second kappa shape index (κ2) is 6.73. The number of likely N-dealkylation sites (tertiary alicyclic amines) is 1. The molecule has 1 saturated heterocycles. The Bertz CT molecular complexity index is 557. The highest BCUT2D eigenvalue weighted by Gasteiger charge is 2.28. The number of halogens is 3. The zero-order chi connectivity index (χ0) is 15.6. The number of piperidine rings is 1. The van der Waals surface area contributed by atoms with Gasteiger partial charge in [0.15, 0.2) is 0 Å². The van der Waals surface area contributed by atoms with Crippen LogP contribution in [-0.2, 0) is 4.79 Å². The van der Waals surface area contributed by atoms with Crippen LogP contribution in [0.5, 0.6) is 0 Å². The van der Waals surface area contributed by atoms with Gasteiger partial charge >= 0.3 is 12.0 Å². The van der Waals surface area contributed by atoms with Crippen LogP contribution in [0.15, 0.2) is 12.1 Å². The van der Waals surface area contributed by atoms with Crippen LogP contribution in [0.1, 0.15) is 12.8 Å². The number of anilines is 1. The number of rotatable bonds is 2. The van der Waals surface area contributed by atoms with Crippen LogP contribution in [0.2, 0.25) is 15.1 Å². The first-order valence-corrected chi connectivity index (χ1v) is 7.45. The first-order valence-electron chi connectivity index (χ1n) is 6.31. The Kier molecular flexibility index (Phi) is 5.19. The Morgan fingerprint density at radius 2 is 1.86 bits per heavy atom. The zero-order valence-corrected chi connectivity index (χ0v) is 13.2. The molecule has 1 atom stereocenters. The first-order chi connectivity index (χ1) is 9.88. The lowest BCUT2D eigenvalue weighted by Gasteiger charge is -2.30. The molecular formula is C13H13Cl3N2O3. The smallest absolute Gasteiger partial charge is 0.321 e. The molecule has 0 saturated carbocycles. The lowest BCUT2D eigenvalue weighted by atomic mass is 9.99. The number of nitrogens with zero attached hydrogens (tertiary/aromatic N) is 1. The number of nitrogens with one attached hydrogen (secondary N) is 1. The van der Waals surface area contributed by atoms with Crippen molar-refractivity contribution in [3.05, 3.63) is 27.2 Å². The fraction of sp³-hybridized carbons (Fsp3) is 0.385. The number of amides is 2. The van der Waals surface area contributed by atoms with Crippen LogP contribution in [0.25, 0.3) is 0 Å². The molecule has 0 aliphatic carbocycles. The van der Waals surface area contributed by atoms with Gasteiger partial charge in [-0.25, -0.2) is 4.79 Å². The molecule has 1 aromatic rings. The molecule has 0 radical (unpaired) electrons. The number of carboxylic acid groups (broad SMARTS) is 1. The number of urea groups is 1. The van der Waals surface area contributed by atoms with Gasteiger partial charge in [0, 0.05) is 18.1 Å². The Labute approximate surface area is 136 Å². The minimum Gasteiger partial charge on any atom is -0.481 e. The number of benzene rings is 1. The van der Waals surface area contributed by atoms with Crippen molar-refractivity contribution in [2.45, 2.75) is 12.8 Å². The van der Waals surface area contributed by atoms with Crippen molar-refractivity contribution in [3.8, 4) is 0 Å². The number of hydrogen-bond acceptors (Lipinski definition) is 2. The Morgan fingerprint density at radius 1 is 1.24 bits per heavy atom. The van der Waals surface area contributed by atoms with Crippen molar-refractivity contribution < 1.29 is 14.7 Å². The van der Waals surface area contributed by atoms with Crippen molar-refractivity contribution in [3.63, 3.8) is 0 Å². The molecule has 21 heavy (non-hydrogen) atoms. The number of carbonyl (C=O) groups excluding carboxylic acids is 1. The zero-order valence-electron chi connectivity index (χ0n) is 10.9. The van der Waals surface area contributed by atoms with Gasteiger partial charge in [-0.2, -0.15) is 0 Å². The second-order valence-electron chi connectivity index (χ2n) is 4.80. The summed E-state index contributed by atoms with van der Waals surface area (Å²) in [6.07, 6.45) is 1.22. The van der Waals surface area contributed by atoms with Crippen LogP contribution >= 0.6 is 34.8 Å². The quantitative estimate of drug-likeness (QED) is 0.847. The lowest BCUT2D eigenvalue weighted by Crippen LogP contribution is -2.44. The number of aliphatic carboxylic acids is 1. The van der Waals surface area contributed by atoms with E-state index in [0.29, 0.717) is 24.4 Å². The summed E-state index contributed by atoms with van der Waals surface area (Å²) in [5, 5.41) is 12.5. The summed E-state index contributed by atoms with van der Waals surface area (Å²) >= 11 is 17.8. The third-order valence-electron chi connectivity index (χ3n) is 3.30. The summed E-state index contributed by atoms with van der Waals surface area (Å²) in [6, 6.07) is 2.52. The van der Waals surface area contributed by atoms with Gasteiger partial charge in [0.2, 0.25) is 0 Å². The van der Waals surface area contributed by atoms with Crippen molar-refractivity contribution in [2.75, 3.05) is 18.4 Å². The standard InChI is InChI=1S/C13H13Cl3N2O3/c14-8-4-9(15)11(10(16)5-8)17-13(21)18-3-1-2-7(6-18)12(19)20/h4-5,7H,1-3,6H2,(H,17,21)(H,19,20)/t7-/m0/s1. The van der Waals surface area contributed by atoms with Crippen molar-refractivity contribution in [1.82, 2.24) is 4.90 Å². The highest BCUT2D eigenvalue weighted by molar-refractivity contribution is 6.42. The summed E-state index contributed by atoms with van der Waals surface area (Å²) in [6.45, 7) is 0.669. The second-order valence-corrected chi connectivity index (χ2v) is 6.05. The van der Waals surface area contributed by atoms with Crippen molar-refractivity contribution in [2.24, 2.45) is 5.92 Å². The lowest BCUT2D eigenvalue weighted by molar-refractivity contribution is -0.143. The van der Waals surface area contributed by atoms with Crippen molar-refractivity contribution in [1.29, 1.82) is 0 Å². The molecule has 2 N–H and O–H groups in total. The summed E-state index contributed by atoms with van der Waals surface area (Å²) < 4.78 is 0. The van der Waals surface area contributed by atoms with Gasteiger partial charge in [-0.05, 0) is 25.0 Å². The highest BCUT2D eigenvalue weighted by atomic mass is 35.5. The van der Waals surface area contributed by atoms with Gasteiger partial charge in [0.25, 0.3) is 0 Å². The predicted molar refractivity (Wildman–Crippen MR) is 82.4 cm³/mol. The fourth-order valence-electron chi connectivity index (χ4n) is 2.21. The summed E-state index contributed by atoms with van der Waals surface area (Å²) in [5.41, 5.74) is 0.269. The monoisotopic (exact) mass is 350 g/mol. The minimum atomic E-state index is -0.893. The molecule has 2 rings (SSSR count). The van der Waals surface area contributed by atoms with E-state index in [2.05, 4.69) is 5.32 Å². The van der Waals surface area contributed by atoms with Gasteiger partial charge in [0.1, 0.15) is 0 Å². The summed E-state index contributed by atoms with van der Waals surface area (Å²) in [7, 11) is 0. The summed E-state index contributed by atoms with van der Waals surface area (Å²) in [4.78, 5) is 24.7. The Balaban J connectivity index is 2.10. The van der Waals surface area contributed by atoms with Gasteiger partial charge in [0.05, 0.1) is 21.7 Å². The van der Waals surface area contributed by atoms with Crippen LogP contribution in [0.3, 0.4) is 0 Å². The molecule has 1 aliphatic heterocycles. The van der Waals surface area contributed by atoms with Crippen LogP contribution < -0.4 is 5.32 Å². The SMILES string of the molecule is O=C(O)[C@H]1CCCN(C(=O)Nc2c(Cl)cc(Cl)cc2Cl)C1. The maximum atomic E-state index is 12.2. The van der Waals surface area contributed by atoms with E-state index in [1.807, 2.05) is 0 Å². The topological polar surface area (TPSA) is 69.6 Å². The van der Waals surface area contributed by atoms with Gasteiger partial charge in [-0.3, -0.25) is 4.79 Å². The van der Waals surface area contributed by atoms with E-state index in [0.717, 1.165) is 0 Å². The van der Waals surface area contributed by atoms with Gasteiger partial charge in [-0.1, -0.05) is 34.8 Å². The fourth-order valence-corrected chi connectivity index (χ4v) is 3.12.